The van der Waals surface area contributed by atoms with Crippen LogP contribution in [0.4, 0.5) is 23.3 Å². The van der Waals surface area contributed by atoms with Crippen molar-refractivity contribution < 1.29 is 0 Å². The first-order valence-corrected chi connectivity index (χ1v) is 11.1. The van der Waals surface area contributed by atoms with E-state index in [2.05, 4.69) is 79.7 Å². The van der Waals surface area contributed by atoms with Crippen molar-refractivity contribution in [3.8, 4) is 0 Å². The highest BCUT2D eigenvalue weighted by Gasteiger charge is 2.01. The van der Waals surface area contributed by atoms with E-state index < -0.39 is 0 Å². The van der Waals surface area contributed by atoms with Gasteiger partial charge < -0.3 is 42.9 Å². The van der Waals surface area contributed by atoms with Gasteiger partial charge in [-0.1, -0.05) is 0 Å². The summed E-state index contributed by atoms with van der Waals surface area (Å²) in [6, 6.07) is 0. The minimum atomic E-state index is 0.409. The van der Waals surface area contributed by atoms with E-state index >= 15 is 0 Å². The summed E-state index contributed by atoms with van der Waals surface area (Å²) in [5.74, 6) is 1.63. The predicted octanol–water partition coefficient (Wildman–Crippen LogP) is -0.260. The largest absolute Gasteiger partial charge is 0.382 e. The summed E-state index contributed by atoms with van der Waals surface area (Å²) in [7, 11) is 0. The van der Waals surface area contributed by atoms with Crippen molar-refractivity contribution >= 4 is 67.9 Å². The summed E-state index contributed by atoms with van der Waals surface area (Å²) in [5, 5.41) is 0. The quantitative estimate of drug-likeness (QED) is 0.123. The summed E-state index contributed by atoms with van der Waals surface area (Å²) in [6.07, 6.45) is 11.7. The number of nitrogen functional groups attached to an aromatic ring is 4. The Morgan fingerprint density at radius 1 is 0.325 bits per heavy atom. The highest BCUT2D eigenvalue weighted by molar-refractivity contribution is 5.82. The molecular weight excluding hydrogens is 520 g/mol. The molecule has 0 unspecified atom stereocenters. The molecule has 0 bridgehead atoms. The van der Waals surface area contributed by atoms with Gasteiger partial charge in [0.2, 0.25) is 0 Å². The lowest BCUT2D eigenvalue weighted by Gasteiger charge is -1.88. The van der Waals surface area contributed by atoms with Crippen LogP contribution >= 0.6 is 0 Å². The average molecular weight is 541 g/mol. The van der Waals surface area contributed by atoms with E-state index in [-0.39, 0.29) is 0 Å². The molecular formula is C20H20N20. The van der Waals surface area contributed by atoms with Crippen molar-refractivity contribution in [3.63, 3.8) is 0 Å². The molecule has 0 aliphatic rings. The van der Waals surface area contributed by atoms with Crippen molar-refractivity contribution in [1.29, 1.82) is 0 Å². The molecule has 0 saturated heterocycles. The van der Waals surface area contributed by atoms with E-state index in [1.54, 1.807) is 0 Å². The molecule has 12 N–H and O–H groups in total. The first-order chi connectivity index (χ1) is 19.5. The Kier molecular flexibility index (Phi) is 7.02. The van der Waals surface area contributed by atoms with E-state index in [0.29, 0.717) is 67.9 Å². The molecule has 0 amide bonds. The molecule has 0 aliphatic carbocycles. The minimum absolute atomic E-state index is 0.409. The number of aromatic nitrogens is 16. The fraction of sp³-hybridized carbons (Fsp3) is 0. The number of anilines is 4. The van der Waals surface area contributed by atoms with Crippen LogP contribution < -0.4 is 22.9 Å². The van der Waals surface area contributed by atoms with E-state index in [9.17, 15) is 0 Å². The number of nitrogens with two attached hydrogens (primary N) is 4. The van der Waals surface area contributed by atoms with Crippen LogP contribution in [0.1, 0.15) is 0 Å². The molecule has 8 heterocycles. The van der Waals surface area contributed by atoms with Gasteiger partial charge in [-0.15, -0.1) is 0 Å². The molecule has 8 aromatic rings. The van der Waals surface area contributed by atoms with Gasteiger partial charge in [-0.05, 0) is 0 Å². The van der Waals surface area contributed by atoms with Crippen molar-refractivity contribution in [1.82, 2.24) is 79.7 Å². The van der Waals surface area contributed by atoms with Gasteiger partial charge in [0.05, 0.1) is 25.3 Å². The monoisotopic (exact) mass is 540 g/mol. The molecule has 0 radical (unpaired) electrons. The van der Waals surface area contributed by atoms with Crippen LogP contribution in [0.25, 0.3) is 44.7 Å². The second-order valence-electron chi connectivity index (χ2n) is 7.43. The highest BCUT2D eigenvalue weighted by Crippen LogP contribution is 2.11. The highest BCUT2D eigenvalue weighted by atomic mass is 15.0. The van der Waals surface area contributed by atoms with Gasteiger partial charge in [0.1, 0.15) is 47.4 Å². The Balaban J connectivity index is 0.000000108. The number of hydrogen-bond acceptors (Lipinski definition) is 16. The van der Waals surface area contributed by atoms with Gasteiger partial charge in [0, 0.05) is 0 Å². The zero-order chi connectivity index (χ0) is 27.9. The molecule has 0 aromatic carbocycles. The Morgan fingerprint density at radius 2 is 0.550 bits per heavy atom. The van der Waals surface area contributed by atoms with Gasteiger partial charge in [-0.25, -0.2) is 59.8 Å². The third-order valence-electron chi connectivity index (χ3n) is 4.98. The molecule has 8 aromatic heterocycles. The van der Waals surface area contributed by atoms with Crippen molar-refractivity contribution in [2.24, 2.45) is 0 Å². The number of rotatable bonds is 0. The fourth-order valence-electron chi connectivity index (χ4n) is 3.13. The molecule has 0 atom stereocenters. The standard InChI is InChI=1S/4C5H5N5/c4*6-4-3-5(9-1-7-3)10-2-8-4/h4*1-2H,(H3,6,7,8,9,10). The summed E-state index contributed by atoms with van der Waals surface area (Å²) in [6.45, 7) is 0. The SMILES string of the molecule is Nc1ncnc2[nH]cnc12.Nc1ncnc2[nH]cnc12.Nc1ncnc2[nH]cnc12.Nc1ncnc2[nH]cnc12. The maximum Gasteiger partial charge on any atom is 0.162 e. The zero-order valence-electron chi connectivity index (χ0n) is 20.3. The maximum atomic E-state index is 5.47. The predicted molar refractivity (Wildman–Crippen MR) is 144 cm³/mol. The normalized spacial score (nSPS) is 10.4. The van der Waals surface area contributed by atoms with Crippen LogP contribution in [0.5, 0.6) is 0 Å². The molecule has 0 aliphatic heterocycles. The van der Waals surface area contributed by atoms with Crippen molar-refractivity contribution in [3.05, 3.63) is 50.6 Å². The summed E-state index contributed by atoms with van der Waals surface area (Å²) in [4.78, 5) is 57.5. The third-order valence-corrected chi connectivity index (χ3v) is 4.98. The number of H-pyrrole nitrogens is 4. The molecule has 0 fully saturated rings. The summed E-state index contributed by atoms with van der Waals surface area (Å²) < 4.78 is 0. The van der Waals surface area contributed by atoms with E-state index in [1.165, 1.54) is 50.6 Å². The van der Waals surface area contributed by atoms with Crippen LogP contribution in [-0.2, 0) is 0 Å². The first-order valence-electron chi connectivity index (χ1n) is 11.1. The molecule has 0 spiro atoms. The zero-order valence-corrected chi connectivity index (χ0v) is 20.3. The van der Waals surface area contributed by atoms with E-state index in [1.807, 2.05) is 0 Å². The van der Waals surface area contributed by atoms with E-state index in [4.69, 9.17) is 22.9 Å². The van der Waals surface area contributed by atoms with Gasteiger partial charge in [-0.3, -0.25) is 0 Å². The number of imidazole rings is 4. The Bertz CT molecular complexity index is 1690. The van der Waals surface area contributed by atoms with Gasteiger partial charge >= 0.3 is 0 Å². The number of nitrogens with one attached hydrogen (secondary N) is 4. The Labute approximate surface area is 221 Å². The van der Waals surface area contributed by atoms with Crippen LogP contribution in [-0.4, -0.2) is 79.7 Å². The molecule has 20 heteroatoms. The smallest absolute Gasteiger partial charge is 0.162 e. The van der Waals surface area contributed by atoms with Gasteiger partial charge in [0.15, 0.2) is 45.9 Å². The van der Waals surface area contributed by atoms with E-state index in [0.717, 1.165) is 0 Å². The molecule has 200 valence electrons. The lowest BCUT2D eigenvalue weighted by Crippen LogP contribution is -1.91. The van der Waals surface area contributed by atoms with Gasteiger partial charge in [-0.2, -0.15) is 0 Å². The van der Waals surface area contributed by atoms with Crippen LogP contribution in [0, 0.1) is 0 Å². The van der Waals surface area contributed by atoms with Crippen LogP contribution in [0.2, 0.25) is 0 Å². The molecule has 40 heavy (non-hydrogen) atoms. The van der Waals surface area contributed by atoms with Crippen molar-refractivity contribution in [2.75, 3.05) is 22.9 Å². The lowest BCUT2D eigenvalue weighted by atomic mass is 10.5. The third kappa shape index (κ3) is 5.39. The summed E-state index contributed by atoms with van der Waals surface area (Å²) in [5.41, 5.74) is 27.1. The second-order valence-corrected chi connectivity index (χ2v) is 7.43. The maximum absolute atomic E-state index is 5.47. The topological polar surface area (TPSA) is 322 Å². The lowest BCUT2D eigenvalue weighted by molar-refractivity contribution is 1.21. The number of fused-ring (bicyclic) bond motifs is 4. The van der Waals surface area contributed by atoms with Crippen LogP contribution in [0.15, 0.2) is 50.6 Å². The minimum Gasteiger partial charge on any atom is -0.382 e. The second kappa shape index (κ2) is 11.2. The number of aromatic amines is 4. The van der Waals surface area contributed by atoms with Crippen molar-refractivity contribution in [2.45, 2.75) is 0 Å². The number of hydrogen-bond donors (Lipinski definition) is 8. The fourth-order valence-corrected chi connectivity index (χ4v) is 3.13. The van der Waals surface area contributed by atoms with Crippen LogP contribution in [0.3, 0.4) is 0 Å². The molecule has 20 nitrogen and oxygen atoms in total. The number of nitrogens with zero attached hydrogens (tertiary/aromatic N) is 12. The molecule has 0 saturated carbocycles. The molecule has 8 rings (SSSR count). The summed E-state index contributed by atoms with van der Waals surface area (Å²) >= 11 is 0. The first kappa shape index (κ1) is 25.1. The Morgan fingerprint density at radius 3 is 0.750 bits per heavy atom. The Hall–Kier alpha value is -6.60. The van der Waals surface area contributed by atoms with Gasteiger partial charge in [0.25, 0.3) is 0 Å². The average Bonchev–Trinajstić information content (AvgIpc) is 3.77.